The van der Waals surface area contributed by atoms with Gasteiger partial charge < -0.3 is 20.5 Å². The Hall–Kier alpha value is -1.55. The largest absolute Gasteiger partial charge is 0.504 e. The number of anilines is 1. The van der Waals surface area contributed by atoms with Crippen LogP contribution in [0.25, 0.3) is 0 Å². The summed E-state index contributed by atoms with van der Waals surface area (Å²) in [7, 11) is -4.64. The van der Waals surface area contributed by atoms with Crippen LogP contribution in [-0.4, -0.2) is 43.8 Å². The van der Waals surface area contributed by atoms with Gasteiger partial charge in [0, 0.05) is 17.9 Å². The van der Waals surface area contributed by atoms with Gasteiger partial charge in [0.25, 0.3) is 0 Å². The second kappa shape index (κ2) is 8.06. The maximum absolute atomic E-state index is 15.1. The van der Waals surface area contributed by atoms with E-state index in [0.29, 0.717) is 11.5 Å². The zero-order valence-electron chi connectivity index (χ0n) is 14.7. The molecule has 0 aromatic heterocycles. The molecule has 1 fully saturated rings. The second-order valence-corrected chi connectivity index (χ2v) is 9.58. The number of nitrogens with one attached hydrogen (secondary N) is 2. The monoisotopic (exact) mass is 452 g/mol. The lowest BCUT2D eigenvalue weighted by atomic mass is 10.2. The Bertz CT molecular complexity index is 916. The summed E-state index contributed by atoms with van der Waals surface area (Å²) in [4.78, 5) is 11.4. The number of phenols is 1. The molecule has 3 rings (SSSR count). The minimum Gasteiger partial charge on any atom is -0.504 e. The standard InChI is InChI=1S/C17H19Cl2FN2O5S/c18-10-2-1-3-12(10)21-16(24)22-13-5-4-11(19)15(14(13)23)28(25,26)17(20)6-8-27-9-7-17/h2,4-5,12,23H,1,3,6-9H2,(H2,21,22,24)/t12-/m0/s1. The van der Waals surface area contributed by atoms with Crippen molar-refractivity contribution in [1.82, 2.24) is 5.32 Å². The highest BCUT2D eigenvalue weighted by Gasteiger charge is 2.48. The average molecular weight is 453 g/mol. The first-order valence-corrected chi connectivity index (χ1v) is 10.9. The lowest BCUT2D eigenvalue weighted by molar-refractivity contribution is 0.0323. The molecular weight excluding hydrogens is 434 g/mol. The van der Waals surface area contributed by atoms with Crippen LogP contribution in [0, 0.1) is 0 Å². The number of halogens is 3. The van der Waals surface area contributed by atoms with Crippen molar-refractivity contribution in [2.45, 2.75) is 41.6 Å². The van der Waals surface area contributed by atoms with E-state index >= 15 is 4.39 Å². The third kappa shape index (κ3) is 3.94. The molecule has 2 aliphatic rings. The summed E-state index contributed by atoms with van der Waals surface area (Å²) in [5.41, 5.74) is -0.214. The molecule has 0 saturated carbocycles. The summed E-state index contributed by atoms with van der Waals surface area (Å²) >= 11 is 12.0. The Morgan fingerprint density at radius 2 is 1.96 bits per heavy atom. The number of amides is 2. The van der Waals surface area contributed by atoms with Crippen molar-refractivity contribution in [3.63, 3.8) is 0 Å². The van der Waals surface area contributed by atoms with E-state index in [1.165, 1.54) is 12.1 Å². The topological polar surface area (TPSA) is 105 Å². The van der Waals surface area contributed by atoms with E-state index in [2.05, 4.69) is 10.6 Å². The second-order valence-electron chi connectivity index (χ2n) is 6.59. The Labute approximate surface area is 171 Å². The summed E-state index contributed by atoms with van der Waals surface area (Å²) < 4.78 is 45.9. The van der Waals surface area contributed by atoms with Gasteiger partial charge in [0.05, 0.1) is 30.0 Å². The summed E-state index contributed by atoms with van der Waals surface area (Å²) in [6.45, 7) is -0.131. The molecule has 1 aliphatic carbocycles. The third-order valence-corrected chi connectivity index (χ3v) is 7.92. The van der Waals surface area contributed by atoms with E-state index in [1.54, 1.807) is 6.08 Å². The van der Waals surface area contributed by atoms with Crippen molar-refractivity contribution in [3.05, 3.63) is 28.3 Å². The average Bonchev–Trinajstić information content (AvgIpc) is 3.02. The lowest BCUT2D eigenvalue weighted by Crippen LogP contribution is -2.40. The SMILES string of the molecule is O=C(Nc1ccc(Cl)c(S(=O)(=O)C2(F)CCOCC2)c1O)N[C@H]1CCC=C1Cl. The maximum atomic E-state index is 15.1. The Morgan fingerprint density at radius 1 is 1.29 bits per heavy atom. The zero-order chi connectivity index (χ0) is 20.5. The predicted octanol–water partition coefficient (Wildman–Crippen LogP) is 3.70. The number of urea groups is 1. The summed E-state index contributed by atoms with van der Waals surface area (Å²) in [6, 6.07) is 1.35. The van der Waals surface area contributed by atoms with Crippen LogP contribution in [0.1, 0.15) is 25.7 Å². The highest BCUT2D eigenvalue weighted by atomic mass is 35.5. The van der Waals surface area contributed by atoms with Crippen LogP contribution in [0.5, 0.6) is 5.75 Å². The van der Waals surface area contributed by atoms with E-state index in [4.69, 9.17) is 27.9 Å². The first-order valence-electron chi connectivity index (χ1n) is 8.61. The fourth-order valence-corrected chi connectivity index (χ4v) is 5.65. The Balaban J connectivity index is 1.88. The number of carbonyl (C=O) groups is 1. The summed E-state index contributed by atoms with van der Waals surface area (Å²) in [5.74, 6) is -0.820. The van der Waals surface area contributed by atoms with Crippen LogP contribution in [0.4, 0.5) is 14.9 Å². The lowest BCUT2D eigenvalue weighted by Gasteiger charge is -2.29. The van der Waals surface area contributed by atoms with Crippen molar-refractivity contribution in [2.24, 2.45) is 0 Å². The van der Waals surface area contributed by atoms with Crippen LogP contribution >= 0.6 is 23.2 Å². The molecule has 1 aliphatic heterocycles. The van der Waals surface area contributed by atoms with Gasteiger partial charge in [-0.2, -0.15) is 0 Å². The zero-order valence-corrected chi connectivity index (χ0v) is 17.0. The Kier molecular flexibility index (Phi) is 6.09. The van der Waals surface area contributed by atoms with Gasteiger partial charge >= 0.3 is 6.03 Å². The fourth-order valence-electron chi connectivity index (χ4n) is 3.16. The summed E-state index contributed by atoms with van der Waals surface area (Å²) in [6.07, 6.45) is 2.38. The highest BCUT2D eigenvalue weighted by Crippen LogP contribution is 2.45. The number of hydrogen-bond acceptors (Lipinski definition) is 5. The number of alkyl halides is 1. The number of sulfone groups is 1. The first kappa shape index (κ1) is 21.2. The molecule has 1 aromatic carbocycles. The molecule has 11 heteroatoms. The third-order valence-electron chi connectivity index (χ3n) is 4.75. The van der Waals surface area contributed by atoms with Crippen molar-refractivity contribution in [1.29, 1.82) is 0 Å². The Morgan fingerprint density at radius 3 is 2.57 bits per heavy atom. The smallest absolute Gasteiger partial charge is 0.319 e. The van der Waals surface area contributed by atoms with E-state index < -0.39 is 31.5 Å². The number of rotatable bonds is 4. The highest BCUT2D eigenvalue weighted by molar-refractivity contribution is 7.92. The molecule has 3 N–H and O–H groups in total. The van der Waals surface area contributed by atoms with Gasteiger partial charge in [-0.15, -0.1) is 0 Å². The van der Waals surface area contributed by atoms with E-state index in [1.807, 2.05) is 0 Å². The van der Waals surface area contributed by atoms with Crippen molar-refractivity contribution >= 4 is 44.8 Å². The number of carbonyl (C=O) groups excluding carboxylic acids is 1. The van der Waals surface area contributed by atoms with E-state index in [9.17, 15) is 18.3 Å². The maximum Gasteiger partial charge on any atom is 0.319 e. The molecule has 2 amide bonds. The first-order chi connectivity index (χ1) is 13.2. The van der Waals surface area contributed by atoms with Gasteiger partial charge in [-0.3, -0.25) is 0 Å². The molecular formula is C17H19Cl2FN2O5S. The van der Waals surface area contributed by atoms with E-state index in [-0.39, 0.29) is 42.8 Å². The van der Waals surface area contributed by atoms with Crippen LogP contribution < -0.4 is 10.6 Å². The number of aromatic hydroxyl groups is 1. The number of allylic oxidation sites excluding steroid dienone is 1. The molecule has 1 aromatic rings. The van der Waals surface area contributed by atoms with Crippen LogP contribution in [0.2, 0.25) is 5.02 Å². The number of hydrogen-bond donors (Lipinski definition) is 3. The van der Waals surface area contributed by atoms with Gasteiger partial charge in [-0.05, 0) is 25.0 Å². The molecule has 28 heavy (non-hydrogen) atoms. The number of benzene rings is 1. The van der Waals surface area contributed by atoms with Crippen molar-refractivity contribution in [3.8, 4) is 5.75 Å². The quantitative estimate of drug-likeness (QED) is 0.603. The van der Waals surface area contributed by atoms with Crippen LogP contribution in [0.15, 0.2) is 28.1 Å². The van der Waals surface area contributed by atoms with E-state index in [0.717, 1.165) is 6.42 Å². The van der Waals surface area contributed by atoms with Gasteiger partial charge in [0.2, 0.25) is 14.8 Å². The predicted molar refractivity (Wildman–Crippen MR) is 103 cm³/mol. The van der Waals surface area contributed by atoms with Crippen LogP contribution in [-0.2, 0) is 14.6 Å². The number of phenolic OH excluding ortho intramolecular Hbond substituents is 1. The summed E-state index contributed by atoms with van der Waals surface area (Å²) in [5, 5.41) is 13.0. The molecule has 1 saturated heterocycles. The van der Waals surface area contributed by atoms with Gasteiger partial charge in [0.15, 0.2) is 5.75 Å². The molecule has 7 nitrogen and oxygen atoms in total. The molecule has 0 bridgehead atoms. The molecule has 0 radical (unpaired) electrons. The molecule has 0 spiro atoms. The fraction of sp³-hybridized carbons (Fsp3) is 0.471. The van der Waals surface area contributed by atoms with Crippen molar-refractivity contribution in [2.75, 3.05) is 18.5 Å². The van der Waals surface area contributed by atoms with Crippen LogP contribution in [0.3, 0.4) is 0 Å². The number of ether oxygens (including phenoxy) is 1. The normalized spacial score (nSPS) is 21.8. The molecule has 154 valence electrons. The van der Waals surface area contributed by atoms with Gasteiger partial charge in [-0.25, -0.2) is 17.6 Å². The molecule has 1 atom stereocenters. The van der Waals surface area contributed by atoms with Gasteiger partial charge in [0.1, 0.15) is 4.90 Å². The minimum atomic E-state index is -4.64. The van der Waals surface area contributed by atoms with Crippen molar-refractivity contribution < 1.29 is 27.4 Å². The minimum absolute atomic E-state index is 0.0654. The molecule has 1 heterocycles. The van der Waals surface area contributed by atoms with Gasteiger partial charge in [-0.1, -0.05) is 29.3 Å². The molecule has 0 unspecified atom stereocenters.